The second-order valence-electron chi connectivity index (χ2n) is 3.69. The van der Waals surface area contributed by atoms with Gasteiger partial charge in [0.2, 0.25) is 0 Å². The highest BCUT2D eigenvalue weighted by Crippen LogP contribution is 2.29. The molecule has 1 N–H and O–H groups in total. The van der Waals surface area contributed by atoms with Gasteiger partial charge in [-0.1, -0.05) is 15.9 Å². The first kappa shape index (κ1) is 9.86. The van der Waals surface area contributed by atoms with Gasteiger partial charge in [-0.3, -0.25) is 5.01 Å². The number of aliphatic imine (C=N–C) groups is 1. The van der Waals surface area contributed by atoms with E-state index in [9.17, 15) is 0 Å². The Morgan fingerprint density at radius 2 is 2.44 bits per heavy atom. The van der Waals surface area contributed by atoms with E-state index < -0.39 is 0 Å². The molecule has 0 fully saturated rings. The molecule has 0 unspecified atom stereocenters. The van der Waals surface area contributed by atoms with Gasteiger partial charge >= 0.3 is 0 Å². The minimum atomic E-state index is 0.780. The molecule has 0 aromatic carbocycles. The number of furan rings is 1. The van der Waals surface area contributed by atoms with Crippen molar-refractivity contribution in [2.75, 3.05) is 6.54 Å². The lowest BCUT2D eigenvalue weighted by Gasteiger charge is -2.24. The van der Waals surface area contributed by atoms with E-state index in [0.29, 0.717) is 0 Å². The van der Waals surface area contributed by atoms with E-state index in [1.165, 1.54) is 0 Å². The molecule has 1 aromatic rings. The maximum absolute atomic E-state index is 5.07. The van der Waals surface area contributed by atoms with E-state index in [-0.39, 0.29) is 0 Å². The van der Waals surface area contributed by atoms with Crippen molar-refractivity contribution in [3.63, 3.8) is 0 Å². The Hall–Kier alpha value is -1.33. The van der Waals surface area contributed by atoms with E-state index in [2.05, 4.69) is 26.3 Å². The lowest BCUT2D eigenvalue weighted by atomic mass is 10.1. The number of fused-ring (bicyclic) bond motifs is 1. The smallest absolute Gasteiger partial charge is 0.159 e. The fraction of sp³-hybridized carbons (Fsp3) is 0.182. The van der Waals surface area contributed by atoms with Gasteiger partial charge in [-0.25, -0.2) is 10.4 Å². The first-order valence-electron chi connectivity index (χ1n) is 4.97. The first-order valence-corrected chi connectivity index (χ1v) is 5.77. The summed E-state index contributed by atoms with van der Waals surface area (Å²) in [5.74, 6) is 0.927. The van der Waals surface area contributed by atoms with E-state index in [1.54, 1.807) is 12.5 Å². The van der Waals surface area contributed by atoms with Crippen LogP contribution in [-0.2, 0) is 0 Å². The van der Waals surface area contributed by atoms with E-state index in [0.717, 1.165) is 33.8 Å². The maximum atomic E-state index is 5.07. The molecule has 0 atom stereocenters. The van der Waals surface area contributed by atoms with E-state index in [4.69, 9.17) is 4.42 Å². The molecule has 82 valence electrons. The van der Waals surface area contributed by atoms with Gasteiger partial charge in [-0.05, 0) is 19.1 Å². The summed E-state index contributed by atoms with van der Waals surface area (Å²) < 4.78 is 6.14. The summed E-state index contributed by atoms with van der Waals surface area (Å²) in [6, 6.07) is 1.91. The van der Waals surface area contributed by atoms with Crippen LogP contribution in [0.1, 0.15) is 12.5 Å². The molecule has 2 aliphatic heterocycles. The molecule has 0 saturated carbocycles. The standard InChI is InChI=1S/C11H10BrN3O/c1-7-4-10(8-2-3-16-6-8)14-11-9(12)5-13-15(7)11/h2-4,6,13H,5H2,1H3. The summed E-state index contributed by atoms with van der Waals surface area (Å²) >= 11 is 3.52. The maximum Gasteiger partial charge on any atom is 0.159 e. The van der Waals surface area contributed by atoms with Gasteiger partial charge in [0, 0.05) is 11.3 Å². The second-order valence-corrected chi connectivity index (χ2v) is 4.65. The molecule has 16 heavy (non-hydrogen) atoms. The SMILES string of the molecule is CC1=CC(c2ccoc2)=NC2=C(Br)CNN12. The average molecular weight is 280 g/mol. The molecule has 0 spiro atoms. The first-order chi connectivity index (χ1) is 7.75. The lowest BCUT2D eigenvalue weighted by Crippen LogP contribution is -2.32. The second kappa shape index (κ2) is 3.61. The molecule has 0 bridgehead atoms. The monoisotopic (exact) mass is 279 g/mol. The van der Waals surface area contributed by atoms with Crippen LogP contribution in [0.25, 0.3) is 0 Å². The Bertz CT molecular complexity index is 513. The van der Waals surface area contributed by atoms with Crippen LogP contribution >= 0.6 is 15.9 Å². The summed E-state index contributed by atoms with van der Waals surface area (Å²) in [4.78, 5) is 4.59. The van der Waals surface area contributed by atoms with Gasteiger partial charge in [-0.15, -0.1) is 0 Å². The average Bonchev–Trinajstić information content (AvgIpc) is 2.88. The van der Waals surface area contributed by atoms with Crippen LogP contribution in [0.5, 0.6) is 0 Å². The normalized spacial score (nSPS) is 19.8. The quantitative estimate of drug-likeness (QED) is 0.858. The van der Waals surface area contributed by atoms with Gasteiger partial charge in [0.05, 0.1) is 29.3 Å². The van der Waals surface area contributed by atoms with Crippen LogP contribution in [0.15, 0.2) is 50.1 Å². The molecule has 1 aromatic heterocycles. The van der Waals surface area contributed by atoms with Crippen molar-refractivity contribution in [2.24, 2.45) is 4.99 Å². The third-order valence-corrected chi connectivity index (χ3v) is 3.22. The number of nitrogens with zero attached hydrogens (tertiary/aromatic N) is 2. The molecule has 0 radical (unpaired) electrons. The largest absolute Gasteiger partial charge is 0.472 e. The van der Waals surface area contributed by atoms with Crippen molar-refractivity contribution in [3.8, 4) is 0 Å². The zero-order valence-corrected chi connectivity index (χ0v) is 10.3. The van der Waals surface area contributed by atoms with Gasteiger partial charge in [0.25, 0.3) is 0 Å². The number of nitrogens with one attached hydrogen (secondary N) is 1. The molecule has 2 aliphatic rings. The van der Waals surface area contributed by atoms with Crippen molar-refractivity contribution in [3.05, 3.63) is 46.2 Å². The van der Waals surface area contributed by atoms with Crippen LogP contribution < -0.4 is 5.43 Å². The van der Waals surface area contributed by atoms with Crippen LogP contribution in [0.4, 0.5) is 0 Å². The Morgan fingerprint density at radius 1 is 1.56 bits per heavy atom. The fourth-order valence-corrected chi connectivity index (χ4v) is 2.18. The predicted octanol–water partition coefficient (Wildman–Crippen LogP) is 2.37. The molecule has 0 amide bonds. The number of hydrogen-bond acceptors (Lipinski definition) is 4. The minimum absolute atomic E-state index is 0.780. The Kier molecular flexibility index (Phi) is 2.22. The zero-order valence-electron chi connectivity index (χ0n) is 8.70. The van der Waals surface area contributed by atoms with Gasteiger partial charge in [0.1, 0.15) is 0 Å². The molecule has 5 heteroatoms. The Morgan fingerprint density at radius 3 is 3.19 bits per heavy atom. The molecular formula is C11H10BrN3O. The minimum Gasteiger partial charge on any atom is -0.472 e. The molecule has 0 saturated heterocycles. The molecule has 4 nitrogen and oxygen atoms in total. The topological polar surface area (TPSA) is 40.8 Å². The Labute approximate surface area is 101 Å². The fourth-order valence-electron chi connectivity index (χ4n) is 1.79. The number of rotatable bonds is 1. The van der Waals surface area contributed by atoms with Crippen molar-refractivity contribution >= 4 is 21.6 Å². The third-order valence-electron chi connectivity index (χ3n) is 2.59. The number of hydrogen-bond donors (Lipinski definition) is 1. The van der Waals surface area contributed by atoms with Crippen molar-refractivity contribution < 1.29 is 4.42 Å². The van der Waals surface area contributed by atoms with Gasteiger partial charge < -0.3 is 4.42 Å². The van der Waals surface area contributed by atoms with Gasteiger partial charge in [-0.2, -0.15) is 0 Å². The summed E-state index contributed by atoms with van der Waals surface area (Å²) in [7, 11) is 0. The third kappa shape index (κ3) is 1.44. The number of halogens is 1. The summed E-state index contributed by atoms with van der Waals surface area (Å²) in [6.07, 6.45) is 5.39. The zero-order chi connectivity index (χ0) is 11.1. The van der Waals surface area contributed by atoms with Crippen LogP contribution in [-0.4, -0.2) is 17.3 Å². The van der Waals surface area contributed by atoms with E-state index >= 15 is 0 Å². The number of allylic oxidation sites excluding steroid dienone is 2. The highest BCUT2D eigenvalue weighted by atomic mass is 79.9. The number of hydrazine groups is 1. The summed E-state index contributed by atoms with van der Waals surface area (Å²) in [6.45, 7) is 2.83. The van der Waals surface area contributed by atoms with Crippen molar-refractivity contribution in [1.82, 2.24) is 10.4 Å². The van der Waals surface area contributed by atoms with Crippen LogP contribution in [0, 0.1) is 0 Å². The Balaban J connectivity index is 2.09. The summed E-state index contributed by atoms with van der Waals surface area (Å²) in [5, 5.41) is 1.98. The van der Waals surface area contributed by atoms with Crippen LogP contribution in [0.3, 0.4) is 0 Å². The predicted molar refractivity (Wildman–Crippen MR) is 64.8 cm³/mol. The van der Waals surface area contributed by atoms with Crippen molar-refractivity contribution in [2.45, 2.75) is 6.92 Å². The molecular weight excluding hydrogens is 270 g/mol. The lowest BCUT2D eigenvalue weighted by molar-refractivity contribution is 0.350. The highest BCUT2D eigenvalue weighted by Gasteiger charge is 2.25. The van der Waals surface area contributed by atoms with Gasteiger partial charge in [0.15, 0.2) is 5.82 Å². The molecule has 0 aliphatic carbocycles. The summed E-state index contributed by atoms with van der Waals surface area (Å²) in [5.41, 5.74) is 6.29. The highest BCUT2D eigenvalue weighted by molar-refractivity contribution is 9.11. The molecule has 3 heterocycles. The van der Waals surface area contributed by atoms with Crippen LogP contribution in [0.2, 0.25) is 0 Å². The van der Waals surface area contributed by atoms with E-state index in [1.807, 2.05) is 24.1 Å². The molecule has 3 rings (SSSR count). The van der Waals surface area contributed by atoms with Crippen molar-refractivity contribution in [1.29, 1.82) is 0 Å².